The van der Waals surface area contributed by atoms with Crippen LogP contribution in [0.25, 0.3) is 0 Å². The first-order chi connectivity index (χ1) is 9.54. The van der Waals surface area contributed by atoms with Crippen molar-refractivity contribution in [3.8, 4) is 0 Å². The fraction of sp³-hybridized carbons (Fsp3) is 0.769. The highest BCUT2D eigenvalue weighted by molar-refractivity contribution is 5.58. The molecule has 3 rings (SSSR count). The zero-order valence-corrected chi connectivity index (χ0v) is 11.9. The zero-order valence-electron chi connectivity index (χ0n) is 11.9. The summed E-state index contributed by atoms with van der Waals surface area (Å²) in [5.74, 6) is 0.623. The van der Waals surface area contributed by atoms with E-state index in [2.05, 4.69) is 10.00 Å². The molecule has 1 aromatic heterocycles. The number of ether oxygens (including phenoxy) is 1. The first-order valence-electron chi connectivity index (χ1n) is 6.99. The zero-order chi connectivity index (χ0) is 14.3. The predicted octanol–water partition coefficient (Wildman–Crippen LogP) is 1.72. The standard InChI is InChI=1S/C13H20N4O3/c1-15-12(11(8-14-15)17(18)19)16-6-3-10(20-2)7-13(9-16)4-5-13/h8,10H,3-7,9H2,1-2H3. The third-order valence-corrected chi connectivity index (χ3v) is 4.58. The molecule has 1 spiro atoms. The second-order valence-electron chi connectivity index (χ2n) is 6.01. The normalized spacial score (nSPS) is 24.7. The van der Waals surface area contributed by atoms with Crippen molar-refractivity contribution in [2.75, 3.05) is 25.1 Å². The molecular weight excluding hydrogens is 260 g/mol. The number of aryl methyl sites for hydroxylation is 1. The van der Waals surface area contributed by atoms with Crippen LogP contribution in [0.1, 0.15) is 25.7 Å². The number of aromatic nitrogens is 2. The summed E-state index contributed by atoms with van der Waals surface area (Å²) in [6, 6.07) is 0. The van der Waals surface area contributed by atoms with Crippen LogP contribution in [0.2, 0.25) is 0 Å². The molecule has 2 fully saturated rings. The van der Waals surface area contributed by atoms with E-state index in [4.69, 9.17) is 4.74 Å². The Morgan fingerprint density at radius 2 is 2.30 bits per heavy atom. The Balaban J connectivity index is 1.90. The lowest BCUT2D eigenvalue weighted by Crippen LogP contribution is -2.31. The third kappa shape index (κ3) is 2.26. The van der Waals surface area contributed by atoms with Gasteiger partial charge in [0.25, 0.3) is 0 Å². The van der Waals surface area contributed by atoms with Gasteiger partial charge in [0.05, 0.1) is 11.0 Å². The Morgan fingerprint density at radius 1 is 1.55 bits per heavy atom. The maximum atomic E-state index is 11.2. The fourth-order valence-corrected chi connectivity index (χ4v) is 3.27. The number of nitro groups is 1. The van der Waals surface area contributed by atoms with E-state index in [-0.39, 0.29) is 22.1 Å². The molecule has 1 aromatic rings. The van der Waals surface area contributed by atoms with Crippen molar-refractivity contribution >= 4 is 11.5 Å². The summed E-state index contributed by atoms with van der Waals surface area (Å²) < 4.78 is 7.15. The summed E-state index contributed by atoms with van der Waals surface area (Å²) in [7, 11) is 3.52. The number of nitrogens with zero attached hydrogens (tertiary/aromatic N) is 4. The fourth-order valence-electron chi connectivity index (χ4n) is 3.27. The minimum atomic E-state index is -0.347. The average molecular weight is 280 g/mol. The van der Waals surface area contributed by atoms with Gasteiger partial charge in [0, 0.05) is 27.2 Å². The molecule has 1 saturated carbocycles. The van der Waals surface area contributed by atoms with Crippen molar-refractivity contribution in [2.45, 2.75) is 31.8 Å². The van der Waals surface area contributed by atoms with Gasteiger partial charge in [-0.2, -0.15) is 5.10 Å². The minimum Gasteiger partial charge on any atom is -0.381 e. The van der Waals surface area contributed by atoms with E-state index in [1.807, 2.05) is 0 Å². The Bertz CT molecular complexity index is 524. The molecule has 1 aliphatic carbocycles. The van der Waals surface area contributed by atoms with Crippen LogP contribution in [-0.2, 0) is 11.8 Å². The lowest BCUT2D eigenvalue weighted by atomic mass is 9.98. The van der Waals surface area contributed by atoms with Gasteiger partial charge in [-0.1, -0.05) is 0 Å². The molecule has 0 radical (unpaired) electrons. The van der Waals surface area contributed by atoms with Gasteiger partial charge in [-0.3, -0.25) is 10.1 Å². The predicted molar refractivity (Wildman–Crippen MR) is 73.8 cm³/mol. The molecule has 7 nitrogen and oxygen atoms in total. The van der Waals surface area contributed by atoms with Gasteiger partial charge in [-0.25, -0.2) is 4.68 Å². The highest BCUT2D eigenvalue weighted by Crippen LogP contribution is 2.52. The van der Waals surface area contributed by atoms with Crippen LogP contribution in [0.5, 0.6) is 0 Å². The third-order valence-electron chi connectivity index (χ3n) is 4.58. The maximum Gasteiger partial charge on any atom is 0.331 e. The molecule has 2 aliphatic rings. The van der Waals surface area contributed by atoms with Crippen molar-refractivity contribution in [3.63, 3.8) is 0 Å². The van der Waals surface area contributed by atoms with E-state index in [0.717, 1.165) is 25.9 Å². The summed E-state index contributed by atoms with van der Waals surface area (Å²) >= 11 is 0. The molecule has 1 atom stereocenters. The molecule has 20 heavy (non-hydrogen) atoms. The second-order valence-corrected chi connectivity index (χ2v) is 6.01. The Morgan fingerprint density at radius 3 is 2.90 bits per heavy atom. The second kappa shape index (κ2) is 4.73. The topological polar surface area (TPSA) is 73.4 Å². The van der Waals surface area contributed by atoms with Gasteiger partial charge in [-0.15, -0.1) is 0 Å². The summed E-state index contributed by atoms with van der Waals surface area (Å²) in [4.78, 5) is 12.9. The molecule has 1 aliphatic heterocycles. The number of anilines is 1. The van der Waals surface area contributed by atoms with Gasteiger partial charge in [-0.05, 0) is 31.1 Å². The van der Waals surface area contributed by atoms with E-state index in [1.54, 1.807) is 18.8 Å². The van der Waals surface area contributed by atoms with Crippen LogP contribution in [-0.4, -0.2) is 41.0 Å². The van der Waals surface area contributed by atoms with E-state index in [0.29, 0.717) is 5.82 Å². The monoisotopic (exact) mass is 280 g/mol. The molecule has 1 unspecified atom stereocenters. The number of hydrogen-bond acceptors (Lipinski definition) is 5. The van der Waals surface area contributed by atoms with Crippen molar-refractivity contribution in [3.05, 3.63) is 16.3 Å². The highest BCUT2D eigenvalue weighted by Gasteiger charge is 2.48. The first kappa shape index (κ1) is 13.4. The quantitative estimate of drug-likeness (QED) is 0.622. The van der Waals surface area contributed by atoms with Gasteiger partial charge in [0.15, 0.2) is 0 Å². The SMILES string of the molecule is COC1CCN(c2c([N+](=O)[O-])cnn2C)CC2(CC2)C1. The van der Waals surface area contributed by atoms with Gasteiger partial charge < -0.3 is 9.64 Å². The van der Waals surface area contributed by atoms with Crippen LogP contribution in [0.15, 0.2) is 6.20 Å². The summed E-state index contributed by atoms with van der Waals surface area (Å²) in [5, 5.41) is 15.2. The van der Waals surface area contributed by atoms with Crippen LogP contribution in [0.4, 0.5) is 11.5 Å². The van der Waals surface area contributed by atoms with Crippen LogP contribution in [0.3, 0.4) is 0 Å². The molecule has 7 heteroatoms. The molecule has 0 N–H and O–H groups in total. The van der Waals surface area contributed by atoms with Crippen molar-refractivity contribution in [2.24, 2.45) is 12.5 Å². The molecule has 0 amide bonds. The highest BCUT2D eigenvalue weighted by atomic mass is 16.6. The number of methoxy groups -OCH3 is 1. The summed E-state index contributed by atoms with van der Waals surface area (Å²) in [5.41, 5.74) is 0.383. The first-order valence-corrected chi connectivity index (χ1v) is 6.99. The lowest BCUT2D eigenvalue weighted by molar-refractivity contribution is -0.384. The lowest BCUT2D eigenvalue weighted by Gasteiger charge is -2.25. The van der Waals surface area contributed by atoms with Crippen LogP contribution < -0.4 is 4.90 Å². The average Bonchev–Trinajstić information content (AvgIpc) is 3.11. The van der Waals surface area contributed by atoms with Gasteiger partial charge in [0.1, 0.15) is 6.20 Å². The van der Waals surface area contributed by atoms with Crippen molar-refractivity contribution < 1.29 is 9.66 Å². The number of hydrogen-bond donors (Lipinski definition) is 0. The maximum absolute atomic E-state index is 11.2. The summed E-state index contributed by atoms with van der Waals surface area (Å²) in [6.45, 7) is 1.65. The van der Waals surface area contributed by atoms with Crippen molar-refractivity contribution in [1.29, 1.82) is 0 Å². The van der Waals surface area contributed by atoms with E-state index in [1.165, 1.54) is 19.0 Å². The van der Waals surface area contributed by atoms with E-state index >= 15 is 0 Å². The van der Waals surface area contributed by atoms with E-state index < -0.39 is 0 Å². The van der Waals surface area contributed by atoms with Gasteiger partial charge in [0.2, 0.25) is 5.82 Å². The van der Waals surface area contributed by atoms with Crippen LogP contribution >= 0.6 is 0 Å². The van der Waals surface area contributed by atoms with Crippen molar-refractivity contribution in [1.82, 2.24) is 9.78 Å². The molecule has 0 aromatic carbocycles. The largest absolute Gasteiger partial charge is 0.381 e. The molecule has 2 heterocycles. The molecule has 0 bridgehead atoms. The molecule has 110 valence electrons. The summed E-state index contributed by atoms with van der Waals surface area (Å²) in [6.07, 6.45) is 5.94. The molecule has 1 saturated heterocycles. The smallest absolute Gasteiger partial charge is 0.331 e. The van der Waals surface area contributed by atoms with Gasteiger partial charge >= 0.3 is 5.69 Å². The minimum absolute atomic E-state index is 0.0965. The Kier molecular flexibility index (Phi) is 3.16. The Labute approximate surface area is 117 Å². The van der Waals surface area contributed by atoms with E-state index in [9.17, 15) is 10.1 Å². The van der Waals surface area contributed by atoms with Crippen LogP contribution in [0, 0.1) is 15.5 Å². The Hall–Kier alpha value is -1.63. The number of rotatable bonds is 3. The molecular formula is C13H20N4O3.